The van der Waals surface area contributed by atoms with E-state index in [4.69, 9.17) is 4.42 Å². The van der Waals surface area contributed by atoms with Crippen molar-refractivity contribution in [2.45, 2.75) is 0 Å². The van der Waals surface area contributed by atoms with Crippen molar-refractivity contribution in [3.05, 3.63) is 218 Å². The zero-order valence-electron chi connectivity index (χ0n) is 32.1. The van der Waals surface area contributed by atoms with Gasteiger partial charge in [0.1, 0.15) is 11.2 Å². The molecule has 2 heterocycles. The van der Waals surface area contributed by atoms with E-state index in [1.165, 1.54) is 60.1 Å². The van der Waals surface area contributed by atoms with Crippen LogP contribution >= 0.6 is 0 Å². The number of furan rings is 1. The van der Waals surface area contributed by atoms with Gasteiger partial charge in [0.2, 0.25) is 0 Å². The summed E-state index contributed by atoms with van der Waals surface area (Å²) >= 11 is 0. The lowest BCUT2D eigenvalue weighted by Gasteiger charge is -2.27. The van der Waals surface area contributed by atoms with Gasteiger partial charge < -0.3 is 13.9 Å². The van der Waals surface area contributed by atoms with E-state index in [0.717, 1.165) is 50.2 Å². The summed E-state index contributed by atoms with van der Waals surface area (Å²) < 4.78 is 8.93. The normalized spacial score (nSPS) is 11.7. The van der Waals surface area contributed by atoms with Gasteiger partial charge in [-0.25, -0.2) is 0 Å². The van der Waals surface area contributed by atoms with E-state index in [2.05, 4.69) is 228 Å². The van der Waals surface area contributed by atoms with E-state index in [1.807, 2.05) is 0 Å². The minimum Gasteiger partial charge on any atom is -0.456 e. The number of hydrogen-bond acceptors (Lipinski definition) is 2. The van der Waals surface area contributed by atoms with E-state index in [0.29, 0.717) is 0 Å². The van der Waals surface area contributed by atoms with Gasteiger partial charge in [-0.2, -0.15) is 0 Å². The lowest BCUT2D eigenvalue weighted by Crippen LogP contribution is -2.11. The molecule has 0 aliphatic carbocycles. The highest BCUT2D eigenvalue weighted by Gasteiger charge is 2.23. The van der Waals surface area contributed by atoms with Gasteiger partial charge in [0.25, 0.3) is 0 Å². The lowest BCUT2D eigenvalue weighted by molar-refractivity contribution is 0.669. The van der Waals surface area contributed by atoms with Crippen LogP contribution in [-0.4, -0.2) is 4.57 Å². The van der Waals surface area contributed by atoms with Crippen LogP contribution in [0.25, 0.3) is 93.2 Å². The van der Waals surface area contributed by atoms with Gasteiger partial charge >= 0.3 is 0 Å². The molecular weight excluding hydrogens is 717 g/mol. The molecule has 0 amide bonds. The first-order valence-corrected chi connectivity index (χ1v) is 20.2. The van der Waals surface area contributed by atoms with Crippen molar-refractivity contribution in [3.8, 4) is 27.9 Å². The topological polar surface area (TPSA) is 21.3 Å². The smallest absolute Gasteiger partial charge is 0.136 e. The second-order valence-electron chi connectivity index (χ2n) is 15.3. The van der Waals surface area contributed by atoms with Crippen LogP contribution in [0.4, 0.5) is 17.1 Å². The molecule has 0 saturated heterocycles. The number of hydrogen-bond donors (Lipinski definition) is 0. The third-order valence-electron chi connectivity index (χ3n) is 12.0. The van der Waals surface area contributed by atoms with Gasteiger partial charge in [0.05, 0.1) is 16.7 Å². The molecule has 0 bridgehead atoms. The molecule has 0 unspecified atom stereocenters. The van der Waals surface area contributed by atoms with Crippen LogP contribution in [0.2, 0.25) is 0 Å². The Labute approximate surface area is 341 Å². The standard InChI is InChI=1S/C56H36N2O/c1-3-14-37(15-4-1)44-23-11-17-40-18-12-24-45(54(40)44)39-28-31-42(32-29-39)57(43-33-35-52-49(36-43)55-46-21-8-7-16-38(46)30-34-53(55)59-52)51-27-13-25-48-47-22-9-10-26-50(47)58(56(48)51)41-19-5-2-6-20-41/h1-36H. The number of benzene rings is 10. The number of rotatable bonds is 6. The first-order chi connectivity index (χ1) is 29.3. The van der Waals surface area contributed by atoms with Gasteiger partial charge in [0, 0.05) is 38.6 Å². The zero-order chi connectivity index (χ0) is 38.9. The summed E-state index contributed by atoms with van der Waals surface area (Å²) in [5.41, 5.74) is 13.2. The highest BCUT2D eigenvalue weighted by molar-refractivity contribution is 6.20. The molecule has 0 aliphatic heterocycles. The van der Waals surface area contributed by atoms with Crippen molar-refractivity contribution in [2.24, 2.45) is 0 Å². The van der Waals surface area contributed by atoms with Crippen LogP contribution in [0.5, 0.6) is 0 Å². The van der Waals surface area contributed by atoms with E-state index >= 15 is 0 Å². The summed E-state index contributed by atoms with van der Waals surface area (Å²) in [7, 11) is 0. The Balaban J connectivity index is 1.11. The summed E-state index contributed by atoms with van der Waals surface area (Å²) in [6, 6.07) is 78.7. The molecule has 0 radical (unpaired) electrons. The summed E-state index contributed by atoms with van der Waals surface area (Å²) in [5.74, 6) is 0. The van der Waals surface area contributed by atoms with Crippen molar-refractivity contribution in [1.82, 2.24) is 4.57 Å². The molecule has 276 valence electrons. The fourth-order valence-electron chi connectivity index (χ4n) is 9.36. The molecule has 10 aromatic carbocycles. The molecule has 3 nitrogen and oxygen atoms in total. The van der Waals surface area contributed by atoms with E-state index in [9.17, 15) is 0 Å². The Morgan fingerprint density at radius 2 is 0.983 bits per heavy atom. The largest absolute Gasteiger partial charge is 0.456 e. The maximum Gasteiger partial charge on any atom is 0.136 e. The van der Waals surface area contributed by atoms with E-state index in [1.54, 1.807) is 0 Å². The maximum absolute atomic E-state index is 6.51. The summed E-state index contributed by atoms with van der Waals surface area (Å²) in [6.07, 6.45) is 0. The van der Waals surface area contributed by atoms with Crippen LogP contribution < -0.4 is 4.90 Å². The molecule has 59 heavy (non-hydrogen) atoms. The fraction of sp³-hybridized carbons (Fsp3) is 0. The molecular formula is C56H36N2O. The second-order valence-corrected chi connectivity index (χ2v) is 15.3. The Morgan fingerprint density at radius 3 is 1.78 bits per heavy atom. The minimum absolute atomic E-state index is 0.872. The quantitative estimate of drug-likeness (QED) is 0.169. The zero-order valence-corrected chi connectivity index (χ0v) is 32.1. The van der Waals surface area contributed by atoms with Crippen LogP contribution in [0.15, 0.2) is 223 Å². The SMILES string of the molecule is c1ccc(-c2cccc3cccc(-c4ccc(N(c5ccc6oc7ccc8ccccc8c7c6c5)c5cccc6c7ccccc7n(-c7ccccc7)c56)cc4)c23)cc1. The Morgan fingerprint density at radius 1 is 0.373 bits per heavy atom. The predicted molar refractivity (Wildman–Crippen MR) is 249 cm³/mol. The third-order valence-corrected chi connectivity index (χ3v) is 12.0. The monoisotopic (exact) mass is 752 g/mol. The van der Waals surface area contributed by atoms with Crippen LogP contribution in [-0.2, 0) is 0 Å². The number of nitrogens with zero attached hydrogens (tertiary/aromatic N) is 2. The van der Waals surface area contributed by atoms with Crippen LogP contribution in [0, 0.1) is 0 Å². The molecule has 12 aromatic rings. The predicted octanol–water partition coefficient (Wildman–Crippen LogP) is 15.8. The highest BCUT2D eigenvalue weighted by atomic mass is 16.3. The molecule has 0 fully saturated rings. The highest BCUT2D eigenvalue weighted by Crippen LogP contribution is 2.46. The lowest BCUT2D eigenvalue weighted by atomic mass is 9.91. The molecule has 12 rings (SSSR count). The summed E-state index contributed by atoms with van der Waals surface area (Å²) in [6.45, 7) is 0. The van der Waals surface area contributed by atoms with Gasteiger partial charge in [-0.3, -0.25) is 0 Å². The Hall–Kier alpha value is -7.88. The number of fused-ring (bicyclic) bond motifs is 9. The van der Waals surface area contributed by atoms with E-state index < -0.39 is 0 Å². The number of aromatic nitrogens is 1. The van der Waals surface area contributed by atoms with Crippen molar-refractivity contribution < 1.29 is 4.42 Å². The van der Waals surface area contributed by atoms with Crippen LogP contribution in [0.1, 0.15) is 0 Å². The first kappa shape index (κ1) is 33.3. The summed E-state index contributed by atoms with van der Waals surface area (Å²) in [5, 5.41) is 9.52. The average molecular weight is 753 g/mol. The van der Waals surface area contributed by atoms with Crippen molar-refractivity contribution in [1.29, 1.82) is 0 Å². The molecule has 0 aliphatic rings. The maximum atomic E-state index is 6.51. The fourth-order valence-corrected chi connectivity index (χ4v) is 9.36. The molecule has 0 saturated carbocycles. The Kier molecular flexibility index (Phi) is 7.54. The first-order valence-electron chi connectivity index (χ1n) is 20.2. The molecule has 3 heteroatoms. The van der Waals surface area contributed by atoms with Crippen molar-refractivity contribution >= 4 is 82.4 Å². The average Bonchev–Trinajstić information content (AvgIpc) is 3.86. The minimum atomic E-state index is 0.872. The Bertz CT molecular complexity index is 3540. The van der Waals surface area contributed by atoms with Gasteiger partial charge in [0.15, 0.2) is 0 Å². The van der Waals surface area contributed by atoms with Gasteiger partial charge in [-0.05, 0) is 104 Å². The van der Waals surface area contributed by atoms with Gasteiger partial charge in [-0.1, -0.05) is 158 Å². The van der Waals surface area contributed by atoms with Gasteiger partial charge in [-0.15, -0.1) is 0 Å². The molecule has 0 N–H and O–H groups in total. The second kappa shape index (κ2) is 13.4. The van der Waals surface area contributed by atoms with Crippen LogP contribution in [0.3, 0.4) is 0 Å². The van der Waals surface area contributed by atoms with Crippen molar-refractivity contribution in [3.63, 3.8) is 0 Å². The number of para-hydroxylation sites is 3. The molecule has 2 aromatic heterocycles. The molecule has 0 atom stereocenters. The number of anilines is 3. The van der Waals surface area contributed by atoms with Crippen molar-refractivity contribution in [2.75, 3.05) is 4.90 Å². The third kappa shape index (κ3) is 5.29. The van der Waals surface area contributed by atoms with E-state index in [-0.39, 0.29) is 0 Å². The summed E-state index contributed by atoms with van der Waals surface area (Å²) in [4.78, 5) is 2.42. The molecule has 0 spiro atoms.